The number of hydrogen-bond donors (Lipinski definition) is 0. The summed E-state index contributed by atoms with van der Waals surface area (Å²) in [5.41, 5.74) is 0. The molecule has 0 amide bonds. The van der Waals surface area contributed by atoms with Crippen LogP contribution in [0.4, 0.5) is 22.0 Å². The van der Waals surface area contributed by atoms with E-state index in [-0.39, 0.29) is 8.95 Å². The fraction of sp³-hybridized carbons (Fsp3) is 0.250. The molecule has 0 saturated heterocycles. The summed E-state index contributed by atoms with van der Waals surface area (Å²) in [5, 5.41) is 0. The molecule has 0 saturated carbocycles. The minimum atomic E-state index is -4.99. The van der Waals surface area contributed by atoms with Crippen LogP contribution in [0.5, 0.6) is 11.5 Å². The van der Waals surface area contributed by atoms with Crippen molar-refractivity contribution in [3.63, 3.8) is 0 Å². The number of hydrogen-bond acceptors (Lipinski definition) is 2. The Labute approximate surface area is 109 Å². The Hall–Kier alpha value is -0.570. The fourth-order valence-electron chi connectivity index (χ4n) is 0.903. The number of rotatable bonds is 3. The molecule has 1 aromatic rings. The molecule has 0 aliphatic rings. The second-order valence-electron chi connectivity index (χ2n) is 2.64. The average molecular weight is 386 g/mol. The quantitative estimate of drug-likeness (QED) is 0.701. The highest BCUT2D eigenvalue weighted by Gasteiger charge is 2.33. The lowest BCUT2D eigenvalue weighted by molar-refractivity contribution is -0.275. The van der Waals surface area contributed by atoms with Crippen molar-refractivity contribution < 1.29 is 31.4 Å². The predicted octanol–water partition coefficient (Wildman–Crippen LogP) is 4.71. The van der Waals surface area contributed by atoms with Gasteiger partial charge in [0.15, 0.2) is 11.5 Å². The maximum atomic E-state index is 12.0. The van der Waals surface area contributed by atoms with Crippen LogP contribution in [0.15, 0.2) is 21.1 Å². The van der Waals surface area contributed by atoms with E-state index in [0.717, 1.165) is 12.1 Å². The van der Waals surface area contributed by atoms with E-state index in [1.54, 1.807) is 0 Å². The van der Waals surface area contributed by atoms with Gasteiger partial charge >= 0.3 is 13.0 Å². The Bertz CT molecular complexity index is 408. The van der Waals surface area contributed by atoms with Gasteiger partial charge in [-0.15, -0.1) is 13.2 Å². The SMILES string of the molecule is FC(F)Oc1cc(Br)c(Br)cc1OC(F)(F)F. The largest absolute Gasteiger partial charge is 0.573 e. The Kier molecular flexibility index (Phi) is 4.59. The number of ether oxygens (including phenoxy) is 2. The summed E-state index contributed by atoms with van der Waals surface area (Å²) < 4.78 is 67.9. The van der Waals surface area contributed by atoms with Crippen LogP contribution >= 0.6 is 31.9 Å². The maximum absolute atomic E-state index is 12.0. The van der Waals surface area contributed by atoms with Gasteiger partial charge in [0.05, 0.1) is 0 Å². The molecule has 0 heterocycles. The third-order valence-electron chi connectivity index (χ3n) is 1.43. The van der Waals surface area contributed by atoms with E-state index in [0.29, 0.717) is 0 Å². The Morgan fingerprint density at radius 1 is 1.00 bits per heavy atom. The topological polar surface area (TPSA) is 18.5 Å². The van der Waals surface area contributed by atoms with Gasteiger partial charge in [-0.2, -0.15) is 8.78 Å². The molecule has 0 aliphatic heterocycles. The van der Waals surface area contributed by atoms with Crippen LogP contribution in [0.2, 0.25) is 0 Å². The van der Waals surface area contributed by atoms with Crippen LogP contribution in [0.25, 0.3) is 0 Å². The number of alkyl halides is 5. The smallest absolute Gasteiger partial charge is 0.431 e. The third-order valence-corrected chi connectivity index (χ3v) is 3.27. The average Bonchev–Trinajstić information content (AvgIpc) is 2.10. The summed E-state index contributed by atoms with van der Waals surface area (Å²) >= 11 is 5.86. The Morgan fingerprint density at radius 3 is 1.88 bits per heavy atom. The lowest BCUT2D eigenvalue weighted by Gasteiger charge is -2.14. The Balaban J connectivity index is 3.11. The fourth-order valence-corrected chi connectivity index (χ4v) is 1.55. The maximum Gasteiger partial charge on any atom is 0.573 e. The van der Waals surface area contributed by atoms with Crippen LogP contribution < -0.4 is 9.47 Å². The standard InChI is InChI=1S/C8H3Br2F5O2/c9-3-1-5(16-7(11)12)6(2-4(3)10)17-8(13,14)15/h1-2,7H. The molecule has 96 valence electrons. The van der Waals surface area contributed by atoms with Crippen LogP contribution in [0.3, 0.4) is 0 Å². The van der Waals surface area contributed by atoms with Gasteiger partial charge < -0.3 is 9.47 Å². The van der Waals surface area contributed by atoms with Crippen LogP contribution in [-0.2, 0) is 0 Å². The van der Waals surface area contributed by atoms with Gasteiger partial charge in [0, 0.05) is 8.95 Å². The molecule has 17 heavy (non-hydrogen) atoms. The van der Waals surface area contributed by atoms with Crippen LogP contribution in [0, 0.1) is 0 Å². The molecule has 0 bridgehead atoms. The van der Waals surface area contributed by atoms with Crippen molar-refractivity contribution in [2.24, 2.45) is 0 Å². The van der Waals surface area contributed by atoms with E-state index in [1.807, 2.05) is 0 Å². The highest BCUT2D eigenvalue weighted by molar-refractivity contribution is 9.13. The van der Waals surface area contributed by atoms with Crippen molar-refractivity contribution in [3.05, 3.63) is 21.1 Å². The first-order valence-corrected chi connectivity index (χ1v) is 5.47. The molecular formula is C8H3Br2F5O2. The molecule has 0 atom stereocenters. The predicted molar refractivity (Wildman–Crippen MR) is 55.2 cm³/mol. The molecule has 0 aromatic heterocycles. The summed E-state index contributed by atoms with van der Waals surface area (Å²) in [4.78, 5) is 0. The minimum Gasteiger partial charge on any atom is -0.431 e. The number of halogens is 7. The molecule has 1 aromatic carbocycles. The highest BCUT2D eigenvalue weighted by Crippen LogP contribution is 2.39. The van der Waals surface area contributed by atoms with Crippen molar-refractivity contribution >= 4 is 31.9 Å². The first-order valence-electron chi connectivity index (χ1n) is 3.88. The second kappa shape index (κ2) is 5.38. The summed E-state index contributed by atoms with van der Waals surface area (Å²) in [6.07, 6.45) is -4.99. The molecule has 0 radical (unpaired) electrons. The Morgan fingerprint density at radius 2 is 1.47 bits per heavy atom. The van der Waals surface area contributed by atoms with Crippen molar-refractivity contribution in [3.8, 4) is 11.5 Å². The van der Waals surface area contributed by atoms with Gasteiger partial charge in [-0.25, -0.2) is 0 Å². The van der Waals surface area contributed by atoms with Gasteiger partial charge in [-0.1, -0.05) is 0 Å². The summed E-state index contributed by atoms with van der Waals surface area (Å²) in [7, 11) is 0. The minimum absolute atomic E-state index is 0.207. The van der Waals surface area contributed by atoms with E-state index >= 15 is 0 Å². The highest BCUT2D eigenvalue weighted by atomic mass is 79.9. The second-order valence-corrected chi connectivity index (χ2v) is 4.35. The van der Waals surface area contributed by atoms with Gasteiger partial charge in [0.25, 0.3) is 0 Å². The first kappa shape index (κ1) is 14.5. The molecule has 9 heteroatoms. The lowest BCUT2D eigenvalue weighted by atomic mass is 10.3. The normalized spacial score (nSPS) is 11.8. The third kappa shape index (κ3) is 4.66. The number of benzene rings is 1. The molecule has 0 aliphatic carbocycles. The van der Waals surface area contributed by atoms with Crippen molar-refractivity contribution in [1.82, 2.24) is 0 Å². The molecule has 1 rings (SSSR count). The zero-order valence-corrected chi connectivity index (χ0v) is 10.9. The lowest BCUT2D eigenvalue weighted by Crippen LogP contribution is -2.18. The molecule has 0 N–H and O–H groups in total. The van der Waals surface area contributed by atoms with Gasteiger partial charge in [0.1, 0.15) is 0 Å². The summed E-state index contributed by atoms with van der Waals surface area (Å²) in [5.74, 6) is -1.57. The summed E-state index contributed by atoms with van der Waals surface area (Å²) in [6.45, 7) is -3.25. The first-order chi connectivity index (χ1) is 7.69. The van der Waals surface area contributed by atoms with Gasteiger partial charge in [-0.3, -0.25) is 0 Å². The molecule has 0 spiro atoms. The zero-order chi connectivity index (χ0) is 13.2. The summed E-state index contributed by atoms with van der Waals surface area (Å²) in [6, 6.07) is 1.81. The van der Waals surface area contributed by atoms with Crippen molar-refractivity contribution in [1.29, 1.82) is 0 Å². The van der Waals surface area contributed by atoms with E-state index < -0.39 is 24.5 Å². The zero-order valence-electron chi connectivity index (χ0n) is 7.69. The van der Waals surface area contributed by atoms with E-state index in [2.05, 4.69) is 41.3 Å². The van der Waals surface area contributed by atoms with Crippen molar-refractivity contribution in [2.45, 2.75) is 13.0 Å². The van der Waals surface area contributed by atoms with Gasteiger partial charge in [-0.05, 0) is 44.0 Å². The molecular weight excluding hydrogens is 383 g/mol. The van der Waals surface area contributed by atoms with Crippen LogP contribution in [0.1, 0.15) is 0 Å². The van der Waals surface area contributed by atoms with E-state index in [4.69, 9.17) is 0 Å². The molecule has 2 nitrogen and oxygen atoms in total. The molecule has 0 fully saturated rings. The monoisotopic (exact) mass is 384 g/mol. The molecule has 0 unspecified atom stereocenters. The van der Waals surface area contributed by atoms with Crippen LogP contribution in [-0.4, -0.2) is 13.0 Å². The van der Waals surface area contributed by atoms with E-state index in [9.17, 15) is 22.0 Å². The van der Waals surface area contributed by atoms with E-state index in [1.165, 1.54) is 0 Å². The van der Waals surface area contributed by atoms with Crippen molar-refractivity contribution in [2.75, 3.05) is 0 Å². The van der Waals surface area contributed by atoms with Gasteiger partial charge in [0.2, 0.25) is 0 Å².